The number of imidazole rings is 1. The summed E-state index contributed by atoms with van der Waals surface area (Å²) in [7, 11) is 1.89. The fourth-order valence-electron chi connectivity index (χ4n) is 3.10. The fraction of sp³-hybridized carbons (Fsp3) is 0.562. The van der Waals surface area contributed by atoms with Crippen LogP contribution in [-0.4, -0.2) is 50.3 Å². The molecule has 1 atom stereocenters. The molecular formula is C16H23N5O3. The molecule has 0 aromatic carbocycles. The number of piperidine rings is 1. The van der Waals surface area contributed by atoms with Gasteiger partial charge in [0, 0.05) is 25.5 Å². The molecule has 0 aliphatic carbocycles. The first-order valence-corrected chi connectivity index (χ1v) is 8.13. The molecule has 8 nitrogen and oxygen atoms in total. The van der Waals surface area contributed by atoms with Gasteiger partial charge in [0.05, 0.1) is 12.2 Å². The summed E-state index contributed by atoms with van der Waals surface area (Å²) in [6.45, 7) is 3.66. The third-order valence-electron chi connectivity index (χ3n) is 4.46. The monoisotopic (exact) mass is 333 g/mol. The molecule has 1 fully saturated rings. The van der Waals surface area contributed by atoms with Crippen LogP contribution < -0.4 is 5.32 Å². The molecule has 3 rings (SSSR count). The molecule has 2 aromatic rings. The van der Waals surface area contributed by atoms with Crippen molar-refractivity contribution in [1.82, 2.24) is 19.6 Å². The molecule has 2 aromatic heterocycles. The molecule has 130 valence electrons. The molecule has 1 saturated heterocycles. The van der Waals surface area contributed by atoms with E-state index in [1.807, 2.05) is 17.8 Å². The van der Waals surface area contributed by atoms with E-state index in [4.69, 9.17) is 4.52 Å². The maximum absolute atomic E-state index is 12.0. The quantitative estimate of drug-likeness (QED) is 0.850. The van der Waals surface area contributed by atoms with Crippen LogP contribution in [0.15, 0.2) is 23.0 Å². The number of aromatic nitrogens is 3. The van der Waals surface area contributed by atoms with Crippen molar-refractivity contribution in [2.24, 2.45) is 13.0 Å². The van der Waals surface area contributed by atoms with E-state index in [2.05, 4.69) is 20.4 Å². The van der Waals surface area contributed by atoms with Crippen LogP contribution in [0.2, 0.25) is 0 Å². The van der Waals surface area contributed by atoms with Crippen molar-refractivity contribution in [3.63, 3.8) is 0 Å². The summed E-state index contributed by atoms with van der Waals surface area (Å²) in [6, 6.07) is 1.69. The van der Waals surface area contributed by atoms with Crippen molar-refractivity contribution < 1.29 is 14.4 Å². The number of hydrogen-bond donors (Lipinski definition) is 2. The number of likely N-dealkylation sites (tertiary alicyclic amines) is 1. The van der Waals surface area contributed by atoms with E-state index in [-0.39, 0.29) is 11.8 Å². The Morgan fingerprint density at radius 1 is 1.50 bits per heavy atom. The highest BCUT2D eigenvalue weighted by Gasteiger charge is 2.29. The number of carbonyl (C=O) groups excluding carboxylic acids is 1. The number of carbonyl (C=O) groups is 1. The second kappa shape index (κ2) is 7.14. The summed E-state index contributed by atoms with van der Waals surface area (Å²) >= 11 is 0. The smallest absolute Gasteiger partial charge is 0.240 e. The Balaban J connectivity index is 1.46. The second-order valence-corrected chi connectivity index (χ2v) is 6.34. The van der Waals surface area contributed by atoms with Crippen LogP contribution in [0.25, 0.3) is 0 Å². The fourth-order valence-corrected chi connectivity index (χ4v) is 3.10. The summed E-state index contributed by atoms with van der Waals surface area (Å²) in [5, 5.41) is 16.9. The number of nitrogens with one attached hydrogen (secondary N) is 1. The van der Waals surface area contributed by atoms with E-state index < -0.39 is 6.10 Å². The van der Waals surface area contributed by atoms with Gasteiger partial charge in [0.15, 0.2) is 0 Å². The van der Waals surface area contributed by atoms with Gasteiger partial charge >= 0.3 is 0 Å². The number of aryl methyl sites for hydroxylation is 2. The highest BCUT2D eigenvalue weighted by atomic mass is 16.5. The number of aliphatic hydroxyl groups is 1. The Bertz CT molecular complexity index is 687. The van der Waals surface area contributed by atoms with Crippen molar-refractivity contribution in [1.29, 1.82) is 0 Å². The topological polar surface area (TPSA) is 96.4 Å². The molecule has 0 saturated carbocycles. The Labute approximate surface area is 140 Å². The lowest BCUT2D eigenvalue weighted by molar-refractivity contribution is -0.117. The molecule has 2 N–H and O–H groups in total. The Hall–Kier alpha value is -2.19. The lowest BCUT2D eigenvalue weighted by Crippen LogP contribution is -2.40. The van der Waals surface area contributed by atoms with Gasteiger partial charge in [-0.15, -0.1) is 0 Å². The average Bonchev–Trinajstić information content (AvgIpc) is 3.15. The molecule has 1 aliphatic rings. The first-order valence-electron chi connectivity index (χ1n) is 8.13. The number of hydrogen-bond acceptors (Lipinski definition) is 6. The molecule has 1 amide bonds. The number of aliphatic hydroxyl groups excluding tert-OH is 1. The molecule has 8 heteroatoms. The van der Waals surface area contributed by atoms with Gasteiger partial charge in [0.25, 0.3) is 0 Å². The highest BCUT2D eigenvalue weighted by Crippen LogP contribution is 2.29. The van der Waals surface area contributed by atoms with E-state index in [1.165, 1.54) is 0 Å². The maximum Gasteiger partial charge on any atom is 0.240 e. The van der Waals surface area contributed by atoms with Crippen LogP contribution in [0.5, 0.6) is 0 Å². The number of nitrogens with zero attached hydrogens (tertiary/aromatic N) is 4. The zero-order valence-corrected chi connectivity index (χ0v) is 14.0. The number of amides is 1. The van der Waals surface area contributed by atoms with Crippen LogP contribution in [-0.2, 0) is 11.8 Å². The summed E-state index contributed by atoms with van der Waals surface area (Å²) < 4.78 is 6.83. The van der Waals surface area contributed by atoms with E-state index in [0.717, 1.165) is 31.6 Å². The Morgan fingerprint density at radius 3 is 2.83 bits per heavy atom. The largest absolute Gasteiger partial charge is 0.385 e. The van der Waals surface area contributed by atoms with Crippen LogP contribution in [0.1, 0.15) is 30.5 Å². The van der Waals surface area contributed by atoms with Crippen molar-refractivity contribution in [3.05, 3.63) is 30.0 Å². The second-order valence-electron chi connectivity index (χ2n) is 6.34. The van der Waals surface area contributed by atoms with Crippen molar-refractivity contribution in [3.8, 4) is 0 Å². The minimum absolute atomic E-state index is 0.116. The summed E-state index contributed by atoms with van der Waals surface area (Å²) in [6.07, 6.45) is 4.65. The molecule has 0 bridgehead atoms. The van der Waals surface area contributed by atoms with Gasteiger partial charge in [-0.2, -0.15) is 0 Å². The maximum atomic E-state index is 12.0. The van der Waals surface area contributed by atoms with Crippen LogP contribution in [0, 0.1) is 12.8 Å². The SMILES string of the molecule is Cc1cc(NC(=O)CN2CCC([C@H](O)c3nccn3C)CC2)on1. The summed E-state index contributed by atoms with van der Waals surface area (Å²) in [5.74, 6) is 1.13. The Morgan fingerprint density at radius 2 is 2.25 bits per heavy atom. The third kappa shape index (κ3) is 3.82. The molecular weight excluding hydrogens is 310 g/mol. The molecule has 0 radical (unpaired) electrons. The van der Waals surface area contributed by atoms with E-state index >= 15 is 0 Å². The minimum atomic E-state index is -0.557. The molecule has 24 heavy (non-hydrogen) atoms. The standard InChI is InChI=1S/C16H23N5O3/c1-11-9-14(24-19-11)18-13(22)10-21-6-3-12(4-7-21)15(23)16-17-5-8-20(16)2/h5,8-9,12,15,23H,3-4,6-7,10H2,1-2H3,(H,18,22)/t15-/m0/s1. The van der Waals surface area contributed by atoms with Gasteiger partial charge in [-0.3, -0.25) is 15.0 Å². The van der Waals surface area contributed by atoms with Crippen LogP contribution >= 0.6 is 0 Å². The highest BCUT2D eigenvalue weighted by molar-refractivity contribution is 5.90. The van der Waals surface area contributed by atoms with Gasteiger partial charge < -0.3 is 14.2 Å². The van der Waals surface area contributed by atoms with Crippen LogP contribution in [0.4, 0.5) is 5.88 Å². The summed E-state index contributed by atoms with van der Waals surface area (Å²) in [4.78, 5) is 18.3. The normalized spacial score (nSPS) is 17.8. The van der Waals surface area contributed by atoms with Crippen LogP contribution in [0.3, 0.4) is 0 Å². The molecule has 0 spiro atoms. The molecule has 0 unspecified atom stereocenters. The van der Waals surface area contributed by atoms with Gasteiger partial charge in [-0.05, 0) is 38.8 Å². The third-order valence-corrected chi connectivity index (χ3v) is 4.46. The average molecular weight is 333 g/mol. The number of anilines is 1. The van der Waals surface area contributed by atoms with E-state index in [1.54, 1.807) is 19.2 Å². The van der Waals surface area contributed by atoms with Gasteiger partial charge in [0.2, 0.25) is 11.8 Å². The molecule has 3 heterocycles. The first kappa shape index (κ1) is 16.7. The summed E-state index contributed by atoms with van der Waals surface area (Å²) in [5.41, 5.74) is 0.731. The Kier molecular flexibility index (Phi) is 4.96. The zero-order valence-electron chi connectivity index (χ0n) is 14.0. The predicted octanol–water partition coefficient (Wildman–Crippen LogP) is 1.10. The molecule has 1 aliphatic heterocycles. The zero-order chi connectivity index (χ0) is 17.1. The lowest BCUT2D eigenvalue weighted by Gasteiger charge is -2.33. The van der Waals surface area contributed by atoms with Crippen molar-refractivity contribution in [2.45, 2.75) is 25.9 Å². The predicted molar refractivity (Wildman–Crippen MR) is 87.2 cm³/mol. The van der Waals surface area contributed by atoms with Gasteiger partial charge in [-0.25, -0.2) is 4.98 Å². The first-order chi connectivity index (χ1) is 11.5. The number of rotatable bonds is 5. The van der Waals surface area contributed by atoms with Gasteiger partial charge in [0.1, 0.15) is 11.9 Å². The van der Waals surface area contributed by atoms with Crippen molar-refractivity contribution >= 4 is 11.8 Å². The van der Waals surface area contributed by atoms with Crippen molar-refractivity contribution in [2.75, 3.05) is 25.0 Å². The minimum Gasteiger partial charge on any atom is -0.385 e. The van der Waals surface area contributed by atoms with E-state index in [9.17, 15) is 9.90 Å². The van der Waals surface area contributed by atoms with E-state index in [0.29, 0.717) is 18.3 Å². The lowest BCUT2D eigenvalue weighted by atomic mass is 9.90. The van der Waals surface area contributed by atoms with Gasteiger partial charge in [-0.1, -0.05) is 5.16 Å².